The van der Waals surface area contributed by atoms with Gasteiger partial charge in [-0.15, -0.1) is 0 Å². The van der Waals surface area contributed by atoms with Crippen molar-refractivity contribution in [1.29, 1.82) is 0 Å². The molecular formula is C13H22Br2N2O. The fraction of sp³-hybridized carbons (Fsp3) is 0.692. The molecule has 0 fully saturated rings. The largest absolute Gasteiger partial charge is 0.452 e. The maximum Gasteiger partial charge on any atom is 0.183 e. The smallest absolute Gasteiger partial charge is 0.183 e. The Kier molecular flexibility index (Phi) is 6.92. The zero-order valence-corrected chi connectivity index (χ0v) is 14.6. The van der Waals surface area contributed by atoms with Gasteiger partial charge in [0.25, 0.3) is 0 Å². The highest BCUT2D eigenvalue weighted by Crippen LogP contribution is 2.26. The lowest BCUT2D eigenvalue weighted by Gasteiger charge is -2.30. The molecule has 0 aromatic carbocycles. The molecule has 0 spiro atoms. The molecule has 0 aliphatic heterocycles. The van der Waals surface area contributed by atoms with Crippen LogP contribution < -0.4 is 5.32 Å². The van der Waals surface area contributed by atoms with Crippen molar-refractivity contribution in [2.24, 2.45) is 0 Å². The lowest BCUT2D eigenvalue weighted by Crippen LogP contribution is -2.41. The number of hydrogen-bond donors (Lipinski definition) is 1. The summed E-state index contributed by atoms with van der Waals surface area (Å²) < 4.78 is 7.23. The van der Waals surface area contributed by atoms with E-state index in [2.05, 4.69) is 69.8 Å². The molecule has 0 radical (unpaired) electrons. The quantitative estimate of drug-likeness (QED) is 0.723. The maximum absolute atomic E-state index is 5.51. The molecule has 5 heteroatoms. The van der Waals surface area contributed by atoms with Crippen molar-refractivity contribution in [3.05, 3.63) is 21.0 Å². The van der Waals surface area contributed by atoms with Gasteiger partial charge in [-0.1, -0.05) is 0 Å². The van der Waals surface area contributed by atoms with Crippen molar-refractivity contribution in [1.82, 2.24) is 10.2 Å². The first-order chi connectivity index (χ1) is 8.41. The van der Waals surface area contributed by atoms with Gasteiger partial charge in [-0.2, -0.15) is 0 Å². The van der Waals surface area contributed by atoms with Crippen LogP contribution in [0.25, 0.3) is 0 Å². The van der Waals surface area contributed by atoms with E-state index in [1.54, 1.807) is 0 Å². The first-order valence-corrected chi connectivity index (χ1v) is 7.90. The number of halogens is 2. The van der Waals surface area contributed by atoms with E-state index in [-0.39, 0.29) is 0 Å². The Balaban J connectivity index is 2.29. The Bertz CT molecular complexity index is 336. The first-order valence-electron chi connectivity index (χ1n) is 6.32. The highest BCUT2D eigenvalue weighted by molar-refractivity contribution is 9.13. The zero-order valence-electron chi connectivity index (χ0n) is 11.5. The summed E-state index contributed by atoms with van der Waals surface area (Å²) in [5.41, 5.74) is 0. The van der Waals surface area contributed by atoms with E-state index < -0.39 is 0 Å². The molecular weight excluding hydrogens is 360 g/mol. The van der Waals surface area contributed by atoms with E-state index in [1.165, 1.54) is 0 Å². The molecule has 3 nitrogen and oxygen atoms in total. The Morgan fingerprint density at radius 3 is 2.28 bits per heavy atom. The van der Waals surface area contributed by atoms with Crippen molar-refractivity contribution in [3.63, 3.8) is 0 Å². The molecule has 0 unspecified atom stereocenters. The van der Waals surface area contributed by atoms with Gasteiger partial charge in [-0.3, -0.25) is 4.90 Å². The van der Waals surface area contributed by atoms with E-state index in [0.29, 0.717) is 12.1 Å². The topological polar surface area (TPSA) is 28.4 Å². The van der Waals surface area contributed by atoms with Crippen LogP contribution in [0.4, 0.5) is 0 Å². The monoisotopic (exact) mass is 380 g/mol. The molecule has 0 aliphatic carbocycles. The Hall–Kier alpha value is 0.160. The van der Waals surface area contributed by atoms with E-state index in [4.69, 9.17) is 4.42 Å². The van der Waals surface area contributed by atoms with Crippen LogP contribution in [0, 0.1) is 0 Å². The summed E-state index contributed by atoms with van der Waals surface area (Å²) in [6.45, 7) is 11.7. The predicted molar refractivity (Wildman–Crippen MR) is 82.8 cm³/mol. The summed E-state index contributed by atoms with van der Waals surface area (Å²) in [5, 5.41) is 3.41. The van der Waals surface area contributed by atoms with Crippen molar-refractivity contribution < 1.29 is 4.42 Å². The molecule has 1 rings (SSSR count). The second kappa shape index (κ2) is 7.68. The second-order valence-corrected chi connectivity index (χ2v) is 6.51. The third-order valence-corrected chi connectivity index (χ3v) is 4.58. The van der Waals surface area contributed by atoms with Crippen molar-refractivity contribution in [2.45, 2.75) is 46.3 Å². The SMILES string of the molecule is CC(C)N(CCNCc1cc(Br)c(Br)o1)C(C)C. The van der Waals surface area contributed by atoms with Crippen LogP contribution in [0.15, 0.2) is 19.6 Å². The fourth-order valence-electron chi connectivity index (χ4n) is 2.01. The zero-order chi connectivity index (χ0) is 13.7. The van der Waals surface area contributed by atoms with Gasteiger partial charge < -0.3 is 9.73 Å². The molecule has 0 amide bonds. The summed E-state index contributed by atoms with van der Waals surface area (Å²) in [7, 11) is 0. The fourth-order valence-corrected chi connectivity index (χ4v) is 2.67. The van der Waals surface area contributed by atoms with Gasteiger partial charge in [-0.05, 0) is 65.6 Å². The van der Waals surface area contributed by atoms with Crippen LogP contribution in [-0.4, -0.2) is 30.1 Å². The standard InChI is InChI=1S/C13H22Br2N2O/c1-9(2)17(10(3)4)6-5-16-8-11-7-12(14)13(15)18-11/h7,9-10,16H,5-6,8H2,1-4H3. The molecule has 0 saturated heterocycles. The van der Waals surface area contributed by atoms with Gasteiger partial charge in [0.15, 0.2) is 4.67 Å². The van der Waals surface area contributed by atoms with E-state index in [9.17, 15) is 0 Å². The van der Waals surface area contributed by atoms with Crippen molar-refractivity contribution >= 4 is 31.9 Å². The minimum atomic E-state index is 0.582. The van der Waals surface area contributed by atoms with Crippen LogP contribution in [0.3, 0.4) is 0 Å². The lowest BCUT2D eigenvalue weighted by molar-refractivity contribution is 0.175. The van der Waals surface area contributed by atoms with Gasteiger partial charge in [-0.25, -0.2) is 0 Å². The summed E-state index contributed by atoms with van der Waals surface area (Å²) in [5.74, 6) is 0.939. The first kappa shape index (κ1) is 16.2. The average Bonchev–Trinajstić information content (AvgIpc) is 2.57. The molecule has 0 saturated carbocycles. The van der Waals surface area contributed by atoms with Gasteiger partial charge in [0.2, 0.25) is 0 Å². The van der Waals surface area contributed by atoms with E-state index in [0.717, 1.165) is 34.5 Å². The Morgan fingerprint density at radius 2 is 1.83 bits per heavy atom. The van der Waals surface area contributed by atoms with Crippen LogP contribution in [0.2, 0.25) is 0 Å². The molecule has 1 aromatic heterocycles. The Labute approximate surface area is 127 Å². The van der Waals surface area contributed by atoms with E-state index >= 15 is 0 Å². The minimum Gasteiger partial charge on any atom is -0.452 e. The molecule has 0 bridgehead atoms. The average molecular weight is 382 g/mol. The van der Waals surface area contributed by atoms with Crippen LogP contribution in [-0.2, 0) is 6.54 Å². The molecule has 1 N–H and O–H groups in total. The highest BCUT2D eigenvalue weighted by atomic mass is 79.9. The summed E-state index contributed by atoms with van der Waals surface area (Å²) in [4.78, 5) is 2.47. The molecule has 104 valence electrons. The third-order valence-electron chi connectivity index (χ3n) is 2.87. The lowest BCUT2D eigenvalue weighted by atomic mass is 10.2. The summed E-state index contributed by atoms with van der Waals surface area (Å²) in [6, 6.07) is 3.15. The molecule has 0 aliphatic rings. The van der Waals surface area contributed by atoms with Crippen molar-refractivity contribution in [3.8, 4) is 0 Å². The number of nitrogens with zero attached hydrogens (tertiary/aromatic N) is 1. The minimum absolute atomic E-state index is 0.582. The molecule has 1 heterocycles. The molecule has 0 atom stereocenters. The van der Waals surface area contributed by atoms with Gasteiger partial charge in [0.05, 0.1) is 11.0 Å². The second-order valence-electron chi connectivity index (χ2n) is 4.94. The predicted octanol–water partition coefficient (Wildman–Crippen LogP) is 4.01. The number of hydrogen-bond acceptors (Lipinski definition) is 3. The van der Waals surface area contributed by atoms with Crippen molar-refractivity contribution in [2.75, 3.05) is 13.1 Å². The van der Waals surface area contributed by atoms with Gasteiger partial charge in [0.1, 0.15) is 5.76 Å². The van der Waals surface area contributed by atoms with Crippen LogP contribution >= 0.6 is 31.9 Å². The third kappa shape index (κ3) is 5.03. The number of rotatable bonds is 7. The highest BCUT2D eigenvalue weighted by Gasteiger charge is 2.12. The molecule has 1 aromatic rings. The molecule has 18 heavy (non-hydrogen) atoms. The van der Waals surface area contributed by atoms with Gasteiger partial charge >= 0.3 is 0 Å². The summed E-state index contributed by atoms with van der Waals surface area (Å²) in [6.07, 6.45) is 0. The Morgan fingerprint density at radius 1 is 1.22 bits per heavy atom. The van der Waals surface area contributed by atoms with E-state index in [1.807, 2.05) is 6.07 Å². The van der Waals surface area contributed by atoms with Crippen LogP contribution in [0.5, 0.6) is 0 Å². The van der Waals surface area contributed by atoms with Crippen LogP contribution in [0.1, 0.15) is 33.5 Å². The number of nitrogens with one attached hydrogen (secondary N) is 1. The maximum atomic E-state index is 5.51. The van der Waals surface area contributed by atoms with Gasteiger partial charge in [0, 0.05) is 25.2 Å². The summed E-state index contributed by atoms with van der Waals surface area (Å²) >= 11 is 6.75. The normalized spacial score (nSPS) is 12.1. The number of furan rings is 1.